The van der Waals surface area contributed by atoms with Gasteiger partial charge in [-0.05, 0) is 48.5 Å². The highest BCUT2D eigenvalue weighted by atomic mass is 16.6. The Morgan fingerprint density at radius 2 is 1.96 bits per heavy atom. The van der Waals surface area contributed by atoms with E-state index in [1.807, 2.05) is 19.9 Å². The molecule has 2 spiro atoms. The molecule has 0 aromatic rings. The normalized spacial score (nSPS) is 49.3. The summed E-state index contributed by atoms with van der Waals surface area (Å²) in [7, 11) is 0. The zero-order chi connectivity index (χ0) is 17.5. The summed E-state index contributed by atoms with van der Waals surface area (Å²) >= 11 is 0. The van der Waals surface area contributed by atoms with Gasteiger partial charge < -0.3 is 14.9 Å². The maximum atomic E-state index is 12.8. The lowest BCUT2D eigenvalue weighted by molar-refractivity contribution is -0.358. The van der Waals surface area contributed by atoms with E-state index < -0.39 is 22.7 Å². The number of carbonyl (C=O) groups excluding carboxylic acids is 1. The van der Waals surface area contributed by atoms with E-state index in [1.54, 1.807) is 0 Å². The fourth-order valence-electron chi connectivity index (χ4n) is 6.66. The lowest BCUT2D eigenvalue weighted by Crippen LogP contribution is -2.85. The number of esters is 1. The average Bonchev–Trinajstić information content (AvgIpc) is 2.48. The predicted octanol–water partition coefficient (Wildman–Crippen LogP) is 2.97. The molecule has 2 N–H and O–H groups in total. The second kappa shape index (κ2) is 4.64. The summed E-state index contributed by atoms with van der Waals surface area (Å²) in [6.45, 7) is 8.57. The van der Waals surface area contributed by atoms with E-state index in [-0.39, 0.29) is 23.2 Å². The van der Waals surface area contributed by atoms with Crippen molar-refractivity contribution in [3.8, 4) is 0 Å². The first-order chi connectivity index (χ1) is 11.1. The highest BCUT2D eigenvalue weighted by molar-refractivity contribution is 5.87. The second-order valence-corrected chi connectivity index (χ2v) is 9.51. The highest BCUT2D eigenvalue weighted by Crippen LogP contribution is 2.72. The third kappa shape index (κ3) is 1.56. The van der Waals surface area contributed by atoms with E-state index in [0.717, 1.165) is 31.3 Å². The van der Waals surface area contributed by atoms with Gasteiger partial charge in [-0.1, -0.05) is 40.2 Å². The number of hydrogen-bond donors (Lipinski definition) is 2. The number of aliphatic hydroxyl groups is 2. The van der Waals surface area contributed by atoms with Crippen molar-refractivity contribution in [2.75, 3.05) is 0 Å². The van der Waals surface area contributed by atoms with E-state index >= 15 is 0 Å². The molecule has 3 aliphatic carbocycles. The van der Waals surface area contributed by atoms with E-state index in [2.05, 4.69) is 13.8 Å². The van der Waals surface area contributed by atoms with Gasteiger partial charge in [0.1, 0.15) is 17.1 Å². The summed E-state index contributed by atoms with van der Waals surface area (Å²) < 4.78 is 5.80. The van der Waals surface area contributed by atoms with Crippen LogP contribution >= 0.6 is 0 Å². The van der Waals surface area contributed by atoms with Gasteiger partial charge in [0.25, 0.3) is 0 Å². The van der Waals surface area contributed by atoms with Crippen molar-refractivity contribution < 1.29 is 19.7 Å². The van der Waals surface area contributed by atoms with Gasteiger partial charge in [-0.25, -0.2) is 0 Å². The molecule has 3 fully saturated rings. The molecule has 1 saturated heterocycles. The summed E-state index contributed by atoms with van der Waals surface area (Å²) in [4.78, 5) is 12.8. The van der Waals surface area contributed by atoms with Gasteiger partial charge in [0.2, 0.25) is 0 Å². The van der Waals surface area contributed by atoms with Crippen LogP contribution < -0.4 is 0 Å². The molecule has 0 aromatic carbocycles. The van der Waals surface area contributed by atoms with Crippen molar-refractivity contribution in [1.82, 2.24) is 0 Å². The standard InChI is InChI=1S/C20H30O4/c1-12(2)13-6-11-20-18(16(22)24-20)9-5-8-17(3,4)14(18)7-10-19(20,23)15(13)21/h6,12,14-15,21,23H,5,7-11H2,1-4H3/t14-,15-,18-,19-,20+/m0/s1. The minimum Gasteiger partial charge on any atom is -0.454 e. The Hall–Kier alpha value is -0.870. The molecule has 0 radical (unpaired) electrons. The molecule has 134 valence electrons. The van der Waals surface area contributed by atoms with Gasteiger partial charge in [0, 0.05) is 6.42 Å². The number of carbonyl (C=O) groups is 1. The minimum absolute atomic E-state index is 0.0685. The fourth-order valence-corrected chi connectivity index (χ4v) is 6.66. The Kier molecular flexibility index (Phi) is 3.21. The molecule has 0 aromatic heterocycles. The monoisotopic (exact) mass is 334 g/mol. The Morgan fingerprint density at radius 1 is 1.25 bits per heavy atom. The highest BCUT2D eigenvalue weighted by Gasteiger charge is 2.83. The van der Waals surface area contributed by atoms with E-state index in [9.17, 15) is 15.0 Å². The summed E-state index contributed by atoms with van der Waals surface area (Å²) in [5.74, 6) is 0.252. The molecular weight excluding hydrogens is 304 g/mol. The first-order valence-electron chi connectivity index (χ1n) is 9.46. The minimum atomic E-state index is -1.35. The zero-order valence-electron chi connectivity index (χ0n) is 15.3. The van der Waals surface area contributed by atoms with Crippen molar-refractivity contribution in [3.05, 3.63) is 11.6 Å². The molecular formula is C20H30O4. The molecule has 0 bridgehead atoms. The van der Waals surface area contributed by atoms with Crippen LogP contribution in [-0.2, 0) is 9.53 Å². The zero-order valence-corrected chi connectivity index (χ0v) is 15.3. The Labute approximate surface area is 144 Å². The van der Waals surface area contributed by atoms with E-state index in [4.69, 9.17) is 4.74 Å². The smallest absolute Gasteiger partial charge is 0.317 e. The fraction of sp³-hybridized carbons (Fsp3) is 0.850. The van der Waals surface area contributed by atoms with Gasteiger partial charge in [-0.2, -0.15) is 0 Å². The van der Waals surface area contributed by atoms with Crippen molar-refractivity contribution >= 4 is 5.97 Å². The molecule has 1 aliphatic heterocycles. The Balaban J connectivity index is 1.87. The summed E-state index contributed by atoms with van der Waals surface area (Å²) in [6.07, 6.45) is 5.77. The van der Waals surface area contributed by atoms with Crippen LogP contribution in [0.25, 0.3) is 0 Å². The van der Waals surface area contributed by atoms with Crippen LogP contribution in [0.3, 0.4) is 0 Å². The van der Waals surface area contributed by atoms with Gasteiger partial charge in [-0.3, -0.25) is 4.79 Å². The maximum absolute atomic E-state index is 12.8. The second-order valence-electron chi connectivity index (χ2n) is 9.51. The first kappa shape index (κ1) is 16.6. The van der Waals surface area contributed by atoms with E-state index in [0.29, 0.717) is 12.8 Å². The van der Waals surface area contributed by atoms with Crippen LogP contribution in [0.2, 0.25) is 0 Å². The van der Waals surface area contributed by atoms with Crippen LogP contribution in [0, 0.1) is 22.7 Å². The van der Waals surface area contributed by atoms with Crippen LogP contribution in [-0.4, -0.2) is 33.5 Å². The molecule has 4 heteroatoms. The van der Waals surface area contributed by atoms with Gasteiger partial charge in [0.05, 0.1) is 0 Å². The molecule has 0 amide bonds. The summed E-state index contributed by atoms with van der Waals surface area (Å²) in [5.41, 5.74) is -1.95. The number of ether oxygens (including phenoxy) is 1. The Bertz CT molecular complexity index is 621. The van der Waals surface area contributed by atoms with Crippen LogP contribution in [0.15, 0.2) is 11.6 Å². The van der Waals surface area contributed by atoms with Crippen LogP contribution in [0.1, 0.15) is 66.2 Å². The van der Waals surface area contributed by atoms with Gasteiger partial charge in [-0.15, -0.1) is 0 Å². The number of aliphatic hydroxyl groups excluding tert-OH is 1. The third-order valence-electron chi connectivity index (χ3n) is 7.86. The van der Waals surface area contributed by atoms with Crippen LogP contribution in [0.4, 0.5) is 0 Å². The van der Waals surface area contributed by atoms with Gasteiger partial charge >= 0.3 is 5.97 Å². The van der Waals surface area contributed by atoms with Crippen molar-refractivity contribution in [1.29, 1.82) is 0 Å². The molecule has 4 nitrogen and oxygen atoms in total. The molecule has 1 heterocycles. The molecule has 4 rings (SSSR count). The molecule has 24 heavy (non-hydrogen) atoms. The lowest BCUT2D eigenvalue weighted by atomic mass is 9.38. The Morgan fingerprint density at radius 3 is 2.58 bits per heavy atom. The van der Waals surface area contributed by atoms with Crippen molar-refractivity contribution in [3.63, 3.8) is 0 Å². The van der Waals surface area contributed by atoms with Crippen LogP contribution in [0.5, 0.6) is 0 Å². The van der Waals surface area contributed by atoms with E-state index in [1.165, 1.54) is 0 Å². The van der Waals surface area contributed by atoms with Crippen molar-refractivity contribution in [2.24, 2.45) is 22.7 Å². The molecule has 0 unspecified atom stereocenters. The molecule has 2 saturated carbocycles. The average molecular weight is 334 g/mol. The molecule has 4 aliphatic rings. The first-order valence-corrected chi connectivity index (χ1v) is 9.46. The van der Waals surface area contributed by atoms with Gasteiger partial charge in [0.15, 0.2) is 5.60 Å². The number of hydrogen-bond acceptors (Lipinski definition) is 4. The lowest BCUT2D eigenvalue weighted by Gasteiger charge is -2.73. The largest absolute Gasteiger partial charge is 0.454 e. The third-order valence-corrected chi connectivity index (χ3v) is 7.86. The SMILES string of the molecule is CC(C)C1=CC[C@@]23OC(=O)[C@@]24CCCC(C)(C)[C@@H]4CC[C@]3(O)[C@H]1O. The topological polar surface area (TPSA) is 66.8 Å². The predicted molar refractivity (Wildman–Crippen MR) is 90.1 cm³/mol. The summed E-state index contributed by atoms with van der Waals surface area (Å²) in [5, 5.41) is 22.6. The maximum Gasteiger partial charge on any atom is 0.317 e. The summed E-state index contributed by atoms with van der Waals surface area (Å²) in [6, 6.07) is 0. The quantitative estimate of drug-likeness (QED) is 0.571. The molecule has 5 atom stereocenters. The number of rotatable bonds is 1. The van der Waals surface area contributed by atoms with Crippen molar-refractivity contribution in [2.45, 2.75) is 83.5 Å².